The molecule has 4 rings (SSSR count). The van der Waals surface area contributed by atoms with E-state index in [0.717, 1.165) is 12.3 Å². The second-order valence-electron chi connectivity index (χ2n) is 6.57. The third-order valence-corrected chi connectivity index (χ3v) is 5.42. The van der Waals surface area contributed by atoms with Crippen molar-refractivity contribution in [2.24, 2.45) is 5.92 Å². The molecule has 1 saturated heterocycles. The number of benzene rings is 2. The standard InChI is InChI=1S/C20H23NO/c1-13-6-3-4-7-15(13)19-17-8-5-11-21-20(17)16-10-9-14(22-2)12-18(16)19/h3-4,6-7,9-10,12,17,19-21H,5,8,11H2,1-2H3. The van der Waals surface area contributed by atoms with Crippen molar-refractivity contribution in [3.8, 4) is 5.75 Å². The molecule has 1 fully saturated rings. The summed E-state index contributed by atoms with van der Waals surface area (Å²) in [5, 5.41) is 3.75. The van der Waals surface area contributed by atoms with Gasteiger partial charge in [0.15, 0.2) is 0 Å². The Morgan fingerprint density at radius 1 is 1.05 bits per heavy atom. The molecule has 0 saturated carbocycles. The number of ether oxygens (including phenoxy) is 1. The summed E-state index contributed by atoms with van der Waals surface area (Å²) >= 11 is 0. The van der Waals surface area contributed by atoms with Gasteiger partial charge < -0.3 is 10.1 Å². The van der Waals surface area contributed by atoms with Crippen LogP contribution in [-0.2, 0) is 0 Å². The van der Waals surface area contributed by atoms with Crippen molar-refractivity contribution in [1.82, 2.24) is 5.32 Å². The predicted molar refractivity (Wildman–Crippen MR) is 89.5 cm³/mol. The third-order valence-electron chi connectivity index (χ3n) is 5.42. The zero-order valence-corrected chi connectivity index (χ0v) is 13.3. The molecule has 2 aromatic carbocycles. The molecule has 0 radical (unpaired) electrons. The number of aryl methyl sites for hydroxylation is 1. The number of hydrogen-bond acceptors (Lipinski definition) is 2. The van der Waals surface area contributed by atoms with Crippen molar-refractivity contribution in [2.45, 2.75) is 31.7 Å². The fourth-order valence-electron chi connectivity index (χ4n) is 4.41. The van der Waals surface area contributed by atoms with Gasteiger partial charge in [-0.3, -0.25) is 0 Å². The molecule has 2 heteroatoms. The van der Waals surface area contributed by atoms with Crippen LogP contribution in [0.1, 0.15) is 47.1 Å². The van der Waals surface area contributed by atoms with Gasteiger partial charge in [0.25, 0.3) is 0 Å². The fraction of sp³-hybridized carbons (Fsp3) is 0.400. The van der Waals surface area contributed by atoms with Gasteiger partial charge in [-0.2, -0.15) is 0 Å². The lowest BCUT2D eigenvalue weighted by molar-refractivity contribution is 0.286. The van der Waals surface area contributed by atoms with Gasteiger partial charge in [-0.25, -0.2) is 0 Å². The first kappa shape index (κ1) is 13.8. The van der Waals surface area contributed by atoms with Crippen LogP contribution in [0.2, 0.25) is 0 Å². The van der Waals surface area contributed by atoms with Gasteiger partial charge >= 0.3 is 0 Å². The van der Waals surface area contributed by atoms with Crippen LogP contribution in [0.5, 0.6) is 5.75 Å². The topological polar surface area (TPSA) is 21.3 Å². The number of methoxy groups -OCH3 is 1. The zero-order chi connectivity index (χ0) is 15.1. The van der Waals surface area contributed by atoms with Crippen molar-refractivity contribution >= 4 is 0 Å². The van der Waals surface area contributed by atoms with E-state index in [1.165, 1.54) is 35.1 Å². The van der Waals surface area contributed by atoms with Gasteiger partial charge in [0.05, 0.1) is 7.11 Å². The number of hydrogen-bond donors (Lipinski definition) is 1. The molecular weight excluding hydrogens is 270 g/mol. The van der Waals surface area contributed by atoms with Crippen LogP contribution in [0, 0.1) is 12.8 Å². The number of rotatable bonds is 2. The zero-order valence-electron chi connectivity index (χ0n) is 13.3. The highest BCUT2D eigenvalue weighted by Crippen LogP contribution is 2.52. The molecule has 2 aliphatic rings. The molecular formula is C20H23NO. The van der Waals surface area contributed by atoms with E-state index < -0.39 is 0 Å². The van der Waals surface area contributed by atoms with E-state index in [2.05, 4.69) is 54.7 Å². The first-order chi connectivity index (χ1) is 10.8. The highest BCUT2D eigenvalue weighted by atomic mass is 16.5. The van der Waals surface area contributed by atoms with E-state index in [-0.39, 0.29) is 0 Å². The first-order valence-corrected chi connectivity index (χ1v) is 8.26. The Balaban J connectivity index is 1.88. The van der Waals surface area contributed by atoms with Crippen molar-refractivity contribution in [3.63, 3.8) is 0 Å². The molecule has 1 N–H and O–H groups in total. The molecule has 2 nitrogen and oxygen atoms in total. The van der Waals surface area contributed by atoms with E-state index in [1.807, 2.05) is 0 Å². The average Bonchev–Trinajstić information content (AvgIpc) is 2.89. The summed E-state index contributed by atoms with van der Waals surface area (Å²) in [6, 6.07) is 16.0. The number of piperidine rings is 1. The molecule has 0 spiro atoms. The molecule has 0 amide bonds. The molecule has 0 bridgehead atoms. The van der Waals surface area contributed by atoms with E-state index in [9.17, 15) is 0 Å². The summed E-state index contributed by atoms with van der Waals surface area (Å²) in [6.07, 6.45) is 2.57. The summed E-state index contributed by atoms with van der Waals surface area (Å²) in [5.41, 5.74) is 5.80. The van der Waals surface area contributed by atoms with Gasteiger partial charge in [-0.1, -0.05) is 30.3 Å². The summed E-state index contributed by atoms with van der Waals surface area (Å²) in [5.74, 6) is 2.12. The molecule has 114 valence electrons. The van der Waals surface area contributed by atoms with Gasteiger partial charge in [0.2, 0.25) is 0 Å². The Morgan fingerprint density at radius 3 is 2.73 bits per heavy atom. The van der Waals surface area contributed by atoms with Crippen molar-refractivity contribution < 1.29 is 4.74 Å². The van der Waals surface area contributed by atoms with Gasteiger partial charge in [-0.05, 0) is 66.6 Å². The monoisotopic (exact) mass is 293 g/mol. The third kappa shape index (κ3) is 2.05. The molecule has 1 aliphatic heterocycles. The quantitative estimate of drug-likeness (QED) is 0.896. The Labute approximate surface area is 132 Å². The first-order valence-electron chi connectivity index (χ1n) is 8.26. The van der Waals surface area contributed by atoms with Crippen LogP contribution >= 0.6 is 0 Å². The predicted octanol–water partition coefficient (Wildman–Crippen LogP) is 4.19. The van der Waals surface area contributed by atoms with E-state index in [0.29, 0.717) is 17.9 Å². The normalized spacial score (nSPS) is 26.4. The van der Waals surface area contributed by atoms with Crippen LogP contribution in [0.15, 0.2) is 42.5 Å². The Morgan fingerprint density at radius 2 is 1.91 bits per heavy atom. The van der Waals surface area contributed by atoms with Crippen LogP contribution in [0.25, 0.3) is 0 Å². The largest absolute Gasteiger partial charge is 0.497 e. The lowest BCUT2D eigenvalue weighted by Gasteiger charge is -2.31. The molecule has 1 aliphatic carbocycles. The molecule has 3 atom stereocenters. The molecule has 2 aromatic rings. The van der Waals surface area contributed by atoms with Gasteiger partial charge in [0.1, 0.15) is 5.75 Å². The minimum atomic E-state index is 0.490. The lowest BCUT2D eigenvalue weighted by Crippen LogP contribution is -2.33. The smallest absolute Gasteiger partial charge is 0.119 e. The number of fused-ring (bicyclic) bond motifs is 3. The summed E-state index contributed by atoms with van der Waals surface area (Å²) < 4.78 is 5.49. The maximum atomic E-state index is 5.49. The highest BCUT2D eigenvalue weighted by molar-refractivity contribution is 5.51. The maximum absolute atomic E-state index is 5.49. The minimum absolute atomic E-state index is 0.490. The van der Waals surface area contributed by atoms with E-state index in [1.54, 1.807) is 7.11 Å². The molecule has 22 heavy (non-hydrogen) atoms. The lowest BCUT2D eigenvalue weighted by atomic mass is 9.79. The van der Waals surface area contributed by atoms with Crippen LogP contribution in [0.3, 0.4) is 0 Å². The molecule has 0 aromatic heterocycles. The minimum Gasteiger partial charge on any atom is -0.497 e. The molecule has 1 heterocycles. The van der Waals surface area contributed by atoms with Crippen molar-refractivity contribution in [1.29, 1.82) is 0 Å². The summed E-state index contributed by atoms with van der Waals surface area (Å²) in [6.45, 7) is 3.37. The second-order valence-corrected chi connectivity index (χ2v) is 6.57. The van der Waals surface area contributed by atoms with Crippen molar-refractivity contribution in [3.05, 3.63) is 64.7 Å². The average molecular weight is 293 g/mol. The Hall–Kier alpha value is -1.80. The van der Waals surface area contributed by atoms with E-state index in [4.69, 9.17) is 4.74 Å². The van der Waals surface area contributed by atoms with Gasteiger partial charge in [-0.15, -0.1) is 0 Å². The fourth-order valence-corrected chi connectivity index (χ4v) is 4.41. The summed E-state index contributed by atoms with van der Waals surface area (Å²) in [4.78, 5) is 0. The number of nitrogens with one attached hydrogen (secondary N) is 1. The van der Waals surface area contributed by atoms with Crippen LogP contribution in [0.4, 0.5) is 0 Å². The SMILES string of the molecule is COc1ccc2c(c1)C(c1ccccc1C)C1CCCNC21. The molecule has 3 unspecified atom stereocenters. The second kappa shape index (κ2) is 5.44. The maximum Gasteiger partial charge on any atom is 0.119 e. The van der Waals surface area contributed by atoms with Crippen LogP contribution < -0.4 is 10.1 Å². The van der Waals surface area contributed by atoms with Crippen molar-refractivity contribution in [2.75, 3.05) is 13.7 Å². The van der Waals surface area contributed by atoms with Gasteiger partial charge in [0, 0.05) is 12.0 Å². The van der Waals surface area contributed by atoms with Crippen LogP contribution in [-0.4, -0.2) is 13.7 Å². The Kier molecular flexibility index (Phi) is 3.42. The van der Waals surface area contributed by atoms with E-state index >= 15 is 0 Å². The highest BCUT2D eigenvalue weighted by Gasteiger charge is 2.42. The summed E-state index contributed by atoms with van der Waals surface area (Å²) in [7, 11) is 1.75. The Bertz CT molecular complexity index is 694.